The molecule has 0 aromatic heterocycles. The fourth-order valence-corrected chi connectivity index (χ4v) is 1.96. The molecule has 7 heteroatoms. The van der Waals surface area contributed by atoms with Crippen molar-refractivity contribution >= 4 is 11.7 Å². The van der Waals surface area contributed by atoms with Gasteiger partial charge in [-0.25, -0.2) is 0 Å². The summed E-state index contributed by atoms with van der Waals surface area (Å²) in [5.74, 6) is -0.159. The zero-order valence-corrected chi connectivity index (χ0v) is 12.3. The molecule has 118 valence electrons. The van der Waals surface area contributed by atoms with Gasteiger partial charge in [0.25, 0.3) is 5.91 Å². The van der Waals surface area contributed by atoms with Crippen molar-refractivity contribution in [2.24, 2.45) is 10.7 Å². The van der Waals surface area contributed by atoms with Gasteiger partial charge in [-0.05, 0) is 24.4 Å². The lowest BCUT2D eigenvalue weighted by atomic mass is 10.2. The van der Waals surface area contributed by atoms with Crippen LogP contribution in [-0.2, 0) is 4.74 Å². The third-order valence-corrected chi connectivity index (χ3v) is 2.98. The summed E-state index contributed by atoms with van der Waals surface area (Å²) in [4.78, 5) is 15.8. The Morgan fingerprint density at radius 3 is 3.05 bits per heavy atom. The number of nitrogens with two attached hydrogens (primary N) is 1. The second kappa shape index (κ2) is 7.46. The van der Waals surface area contributed by atoms with Gasteiger partial charge in [0.05, 0.1) is 13.2 Å². The summed E-state index contributed by atoms with van der Waals surface area (Å²) >= 11 is 0. The van der Waals surface area contributed by atoms with Crippen LogP contribution in [0, 0.1) is 0 Å². The summed E-state index contributed by atoms with van der Waals surface area (Å²) < 4.78 is 10.9. The van der Waals surface area contributed by atoms with Crippen LogP contribution in [0.5, 0.6) is 11.5 Å². The number of nitrogens with one attached hydrogen (secondary N) is 1. The summed E-state index contributed by atoms with van der Waals surface area (Å²) in [7, 11) is 1.71. The lowest BCUT2D eigenvalue weighted by Crippen LogP contribution is -2.16. The van der Waals surface area contributed by atoms with Crippen LogP contribution in [0.1, 0.15) is 16.8 Å². The van der Waals surface area contributed by atoms with E-state index in [1.807, 2.05) is 0 Å². The molecule has 0 aliphatic carbocycles. The average Bonchev–Trinajstić information content (AvgIpc) is 2.97. The number of phenolic OH excluding ortho intramolecular Hbond substituents is 1. The Labute approximate surface area is 128 Å². The molecule has 1 saturated heterocycles. The van der Waals surface area contributed by atoms with E-state index in [1.54, 1.807) is 13.2 Å². The molecular weight excluding hydrogens is 286 g/mol. The highest BCUT2D eigenvalue weighted by Gasteiger charge is 2.18. The van der Waals surface area contributed by atoms with Crippen molar-refractivity contribution in [2.75, 3.05) is 20.3 Å². The Balaban J connectivity index is 2.14. The van der Waals surface area contributed by atoms with Gasteiger partial charge in [0.2, 0.25) is 0 Å². The molecule has 1 amide bonds. The predicted molar refractivity (Wildman–Crippen MR) is 82.1 cm³/mol. The number of aliphatic imine (C=N–C) groups is 1. The molecule has 0 spiro atoms. The highest BCUT2D eigenvalue weighted by atomic mass is 16.5. The molecule has 1 aromatic carbocycles. The predicted octanol–water partition coefficient (Wildman–Crippen LogP) is 0.790. The van der Waals surface area contributed by atoms with E-state index < -0.39 is 5.91 Å². The third kappa shape index (κ3) is 4.49. The van der Waals surface area contributed by atoms with E-state index in [0.29, 0.717) is 19.0 Å². The molecule has 1 fully saturated rings. The van der Waals surface area contributed by atoms with Crippen molar-refractivity contribution in [2.45, 2.75) is 12.5 Å². The van der Waals surface area contributed by atoms with Gasteiger partial charge in [-0.2, -0.15) is 4.99 Å². The van der Waals surface area contributed by atoms with Crippen molar-refractivity contribution in [3.8, 4) is 11.5 Å². The van der Waals surface area contributed by atoms with Crippen molar-refractivity contribution in [1.82, 2.24) is 5.32 Å². The summed E-state index contributed by atoms with van der Waals surface area (Å²) in [5.41, 5.74) is 5.80. The number of amidine groups is 1. The number of nitrogens with zero attached hydrogens (tertiary/aromatic N) is 1. The molecular formula is C15H19N3O4. The molecule has 1 aromatic rings. The van der Waals surface area contributed by atoms with E-state index in [1.165, 1.54) is 24.3 Å². The zero-order valence-electron chi connectivity index (χ0n) is 12.3. The first kappa shape index (κ1) is 15.8. The molecule has 0 radical (unpaired) electrons. The maximum atomic E-state index is 12.0. The van der Waals surface area contributed by atoms with Gasteiger partial charge in [0.1, 0.15) is 23.4 Å². The molecule has 0 unspecified atom stereocenters. The van der Waals surface area contributed by atoms with E-state index in [9.17, 15) is 9.90 Å². The first-order valence-electron chi connectivity index (χ1n) is 6.89. The summed E-state index contributed by atoms with van der Waals surface area (Å²) in [6.45, 7) is 1.15. The summed E-state index contributed by atoms with van der Waals surface area (Å²) in [5, 5.41) is 12.5. The normalized spacial score (nSPS) is 18.6. The van der Waals surface area contributed by atoms with Crippen LogP contribution in [0.2, 0.25) is 0 Å². The third-order valence-electron chi connectivity index (χ3n) is 2.98. The summed E-state index contributed by atoms with van der Waals surface area (Å²) in [6, 6.07) is 4.29. The summed E-state index contributed by atoms with van der Waals surface area (Å²) in [6.07, 6.45) is 3.73. The SMILES string of the molecule is CN/C=C\C(N)=NC(=O)c1cc(O)cc(O[C@@H]2CCOC2)c1. The Kier molecular flexibility index (Phi) is 5.37. The van der Waals surface area contributed by atoms with Crippen molar-refractivity contribution in [3.05, 3.63) is 36.0 Å². The van der Waals surface area contributed by atoms with Crippen molar-refractivity contribution in [3.63, 3.8) is 0 Å². The molecule has 1 aliphatic rings. The minimum absolute atomic E-state index is 0.0642. The fourth-order valence-electron chi connectivity index (χ4n) is 1.96. The lowest BCUT2D eigenvalue weighted by Gasteiger charge is -2.12. The average molecular weight is 305 g/mol. The highest BCUT2D eigenvalue weighted by Crippen LogP contribution is 2.24. The number of carbonyl (C=O) groups excluding carboxylic acids is 1. The van der Waals surface area contributed by atoms with E-state index in [0.717, 1.165) is 6.42 Å². The quantitative estimate of drug-likeness (QED) is 0.548. The topological polar surface area (TPSA) is 106 Å². The maximum absolute atomic E-state index is 12.0. The molecule has 0 saturated carbocycles. The molecule has 7 nitrogen and oxygen atoms in total. The van der Waals surface area contributed by atoms with Crippen LogP contribution in [0.3, 0.4) is 0 Å². The van der Waals surface area contributed by atoms with Crippen LogP contribution < -0.4 is 15.8 Å². The van der Waals surface area contributed by atoms with Crippen LogP contribution in [-0.4, -0.2) is 43.2 Å². The van der Waals surface area contributed by atoms with Gasteiger partial charge >= 0.3 is 0 Å². The monoisotopic (exact) mass is 305 g/mol. The Hall–Kier alpha value is -2.54. The number of rotatable bonds is 5. The molecule has 1 aliphatic heterocycles. The van der Waals surface area contributed by atoms with Crippen LogP contribution in [0.15, 0.2) is 35.5 Å². The van der Waals surface area contributed by atoms with E-state index in [2.05, 4.69) is 10.3 Å². The lowest BCUT2D eigenvalue weighted by molar-refractivity contribution is 0.100. The molecule has 1 heterocycles. The minimum Gasteiger partial charge on any atom is -0.508 e. The van der Waals surface area contributed by atoms with Crippen LogP contribution in [0.25, 0.3) is 0 Å². The number of aromatic hydroxyl groups is 1. The Morgan fingerprint density at radius 2 is 2.36 bits per heavy atom. The fraction of sp³-hybridized carbons (Fsp3) is 0.333. The Morgan fingerprint density at radius 1 is 1.55 bits per heavy atom. The van der Waals surface area contributed by atoms with E-state index in [4.69, 9.17) is 15.2 Å². The van der Waals surface area contributed by atoms with Gasteiger partial charge in [0, 0.05) is 25.1 Å². The van der Waals surface area contributed by atoms with Gasteiger partial charge < -0.3 is 25.6 Å². The maximum Gasteiger partial charge on any atom is 0.279 e. The zero-order chi connectivity index (χ0) is 15.9. The van der Waals surface area contributed by atoms with E-state index >= 15 is 0 Å². The molecule has 0 bridgehead atoms. The van der Waals surface area contributed by atoms with Gasteiger partial charge in [-0.3, -0.25) is 4.79 Å². The molecule has 2 rings (SSSR count). The second-order valence-corrected chi connectivity index (χ2v) is 4.78. The van der Waals surface area contributed by atoms with Gasteiger partial charge in [-0.1, -0.05) is 0 Å². The van der Waals surface area contributed by atoms with Crippen molar-refractivity contribution < 1.29 is 19.4 Å². The minimum atomic E-state index is -0.554. The number of hydrogen-bond acceptors (Lipinski definition) is 5. The number of phenols is 1. The standard InChI is InChI=1S/C15H19N3O4/c1-17-4-2-14(16)18-15(20)10-6-11(19)8-13(7-10)22-12-3-5-21-9-12/h2,4,6-8,12,17,19H,3,5,9H2,1H3,(H2,16,18,20)/b4-2-/t12-/m1/s1. The number of benzene rings is 1. The Bertz CT molecular complexity index is 592. The number of carbonyl (C=O) groups is 1. The van der Waals surface area contributed by atoms with Gasteiger partial charge in [-0.15, -0.1) is 0 Å². The van der Waals surface area contributed by atoms with Gasteiger partial charge in [0.15, 0.2) is 0 Å². The first-order valence-corrected chi connectivity index (χ1v) is 6.89. The molecule has 4 N–H and O–H groups in total. The second-order valence-electron chi connectivity index (χ2n) is 4.78. The van der Waals surface area contributed by atoms with Crippen LogP contribution in [0.4, 0.5) is 0 Å². The molecule has 22 heavy (non-hydrogen) atoms. The number of hydrogen-bond donors (Lipinski definition) is 3. The van der Waals surface area contributed by atoms with E-state index in [-0.39, 0.29) is 23.3 Å². The number of amides is 1. The smallest absolute Gasteiger partial charge is 0.279 e. The highest BCUT2D eigenvalue weighted by molar-refractivity contribution is 6.06. The largest absolute Gasteiger partial charge is 0.508 e. The number of ether oxygens (including phenoxy) is 2. The molecule has 1 atom stereocenters. The van der Waals surface area contributed by atoms with Crippen LogP contribution >= 0.6 is 0 Å². The van der Waals surface area contributed by atoms with Crippen molar-refractivity contribution in [1.29, 1.82) is 0 Å². The first-order chi connectivity index (χ1) is 10.6.